The van der Waals surface area contributed by atoms with Crippen LogP contribution in [-0.4, -0.2) is 27.9 Å². The van der Waals surface area contributed by atoms with Crippen LogP contribution in [0.15, 0.2) is 4.42 Å². The van der Waals surface area contributed by atoms with Gasteiger partial charge in [0, 0.05) is 6.42 Å². The first-order chi connectivity index (χ1) is 7.61. The zero-order chi connectivity index (χ0) is 12.0. The number of carboxylic acid groups (broad SMARTS) is 1. The van der Waals surface area contributed by atoms with Gasteiger partial charge in [0.1, 0.15) is 13.2 Å². The highest BCUT2D eigenvalue weighted by atomic mass is 16.5. The second-order valence-electron chi connectivity index (χ2n) is 3.69. The summed E-state index contributed by atoms with van der Waals surface area (Å²) in [5.74, 6) is 0.371. The van der Waals surface area contributed by atoms with E-state index in [9.17, 15) is 4.79 Å². The Morgan fingerprint density at radius 2 is 2.19 bits per heavy atom. The van der Waals surface area contributed by atoms with Gasteiger partial charge in [-0.15, -0.1) is 10.2 Å². The molecule has 0 radical (unpaired) electrons. The highest BCUT2D eigenvalue weighted by Gasteiger charge is 2.09. The lowest BCUT2D eigenvalue weighted by Crippen LogP contribution is -2.06. The molecule has 0 aromatic carbocycles. The molecular weight excluding hydrogens is 212 g/mol. The number of hydrogen-bond acceptors (Lipinski definition) is 5. The molecule has 1 heterocycles. The van der Waals surface area contributed by atoms with Gasteiger partial charge in [0.25, 0.3) is 0 Å². The first-order valence-corrected chi connectivity index (χ1v) is 5.22. The van der Waals surface area contributed by atoms with Crippen molar-refractivity contribution in [1.82, 2.24) is 10.2 Å². The third kappa shape index (κ3) is 4.39. The number of rotatable bonds is 7. The van der Waals surface area contributed by atoms with Crippen molar-refractivity contribution in [3.63, 3.8) is 0 Å². The molecule has 0 aliphatic carbocycles. The summed E-state index contributed by atoms with van der Waals surface area (Å²) >= 11 is 0. The minimum absolute atomic E-state index is 0.0415. The molecule has 0 saturated heterocycles. The summed E-state index contributed by atoms with van der Waals surface area (Å²) < 4.78 is 10.1. The summed E-state index contributed by atoms with van der Waals surface area (Å²) in [7, 11) is 0. The van der Waals surface area contributed by atoms with E-state index in [2.05, 4.69) is 24.0 Å². The second kappa shape index (κ2) is 6.22. The number of carbonyl (C=O) groups is 1. The maximum Gasteiger partial charge on any atom is 0.329 e. The predicted molar refractivity (Wildman–Crippen MR) is 54.7 cm³/mol. The smallest absolute Gasteiger partial charge is 0.329 e. The summed E-state index contributed by atoms with van der Waals surface area (Å²) in [5.41, 5.74) is 0. The van der Waals surface area contributed by atoms with Gasteiger partial charge in [-0.3, -0.25) is 0 Å². The van der Waals surface area contributed by atoms with E-state index in [1.165, 1.54) is 0 Å². The van der Waals surface area contributed by atoms with Gasteiger partial charge in [0.15, 0.2) is 0 Å². The third-order valence-corrected chi connectivity index (χ3v) is 2.18. The van der Waals surface area contributed by atoms with Gasteiger partial charge in [-0.1, -0.05) is 20.3 Å². The molecule has 0 bridgehead atoms. The predicted octanol–water partition coefficient (Wildman–Crippen LogP) is 1.26. The molecule has 1 N–H and O–H groups in total. The topological polar surface area (TPSA) is 85.5 Å². The third-order valence-electron chi connectivity index (χ3n) is 2.18. The van der Waals surface area contributed by atoms with Gasteiger partial charge in [-0.05, 0) is 5.92 Å². The Kier molecular flexibility index (Phi) is 4.91. The lowest BCUT2D eigenvalue weighted by atomic mass is 10.1. The average Bonchev–Trinajstić information content (AvgIpc) is 2.65. The Morgan fingerprint density at radius 3 is 2.81 bits per heavy atom. The molecule has 1 unspecified atom stereocenters. The molecule has 90 valence electrons. The first kappa shape index (κ1) is 12.6. The minimum atomic E-state index is -1.01. The molecular formula is C10H16N2O4. The molecule has 1 aromatic heterocycles. The number of aliphatic carboxylic acids is 1. The Balaban J connectivity index is 2.36. The maximum atomic E-state index is 10.2. The van der Waals surface area contributed by atoms with E-state index in [1.807, 2.05) is 0 Å². The van der Waals surface area contributed by atoms with Crippen molar-refractivity contribution in [3.05, 3.63) is 11.8 Å². The zero-order valence-electron chi connectivity index (χ0n) is 9.47. The summed E-state index contributed by atoms with van der Waals surface area (Å²) in [6.07, 6.45) is 1.79. The summed E-state index contributed by atoms with van der Waals surface area (Å²) in [4.78, 5) is 10.2. The van der Waals surface area contributed by atoms with Crippen LogP contribution in [0.3, 0.4) is 0 Å². The van der Waals surface area contributed by atoms with Crippen molar-refractivity contribution in [2.45, 2.75) is 33.3 Å². The summed E-state index contributed by atoms with van der Waals surface area (Å²) in [5, 5.41) is 16.0. The van der Waals surface area contributed by atoms with E-state index in [0.29, 0.717) is 17.7 Å². The van der Waals surface area contributed by atoms with Crippen LogP contribution in [0.5, 0.6) is 0 Å². The molecule has 0 spiro atoms. The minimum Gasteiger partial charge on any atom is -0.480 e. The highest BCUT2D eigenvalue weighted by Crippen LogP contribution is 2.10. The van der Waals surface area contributed by atoms with E-state index in [1.54, 1.807) is 0 Å². The van der Waals surface area contributed by atoms with Crippen LogP contribution >= 0.6 is 0 Å². The summed E-state index contributed by atoms with van der Waals surface area (Å²) in [6.45, 7) is 3.88. The fraction of sp³-hybridized carbons (Fsp3) is 0.700. The normalized spacial score (nSPS) is 12.6. The highest BCUT2D eigenvalue weighted by molar-refractivity contribution is 5.67. The van der Waals surface area contributed by atoms with Gasteiger partial charge in [0.2, 0.25) is 11.8 Å². The van der Waals surface area contributed by atoms with E-state index in [4.69, 9.17) is 14.3 Å². The van der Waals surface area contributed by atoms with E-state index in [0.717, 1.165) is 12.8 Å². The van der Waals surface area contributed by atoms with Crippen LogP contribution in [0.2, 0.25) is 0 Å². The lowest BCUT2D eigenvalue weighted by molar-refractivity contribution is -0.142. The van der Waals surface area contributed by atoms with Crippen LogP contribution in [0, 0.1) is 5.92 Å². The van der Waals surface area contributed by atoms with Crippen molar-refractivity contribution in [1.29, 1.82) is 0 Å². The number of carboxylic acids is 1. The van der Waals surface area contributed by atoms with Crippen LogP contribution < -0.4 is 0 Å². The van der Waals surface area contributed by atoms with Crippen molar-refractivity contribution >= 4 is 5.97 Å². The molecule has 1 rings (SSSR count). The Bertz CT molecular complexity index is 337. The van der Waals surface area contributed by atoms with Crippen molar-refractivity contribution < 1.29 is 19.1 Å². The summed E-state index contributed by atoms with van der Waals surface area (Å²) in [6, 6.07) is 0. The Morgan fingerprint density at radius 1 is 1.50 bits per heavy atom. The van der Waals surface area contributed by atoms with Crippen LogP contribution in [-0.2, 0) is 22.6 Å². The quantitative estimate of drug-likeness (QED) is 0.756. The first-order valence-electron chi connectivity index (χ1n) is 5.22. The van der Waals surface area contributed by atoms with Crippen molar-refractivity contribution in [2.24, 2.45) is 5.92 Å². The maximum absolute atomic E-state index is 10.2. The van der Waals surface area contributed by atoms with Crippen LogP contribution in [0.25, 0.3) is 0 Å². The van der Waals surface area contributed by atoms with E-state index < -0.39 is 5.97 Å². The lowest BCUT2D eigenvalue weighted by Gasteiger charge is -2.02. The SMILES string of the molecule is CCC(C)Cc1nnc(COCC(=O)O)o1. The zero-order valence-corrected chi connectivity index (χ0v) is 9.47. The molecule has 6 nitrogen and oxygen atoms in total. The van der Waals surface area contributed by atoms with E-state index >= 15 is 0 Å². The fourth-order valence-electron chi connectivity index (χ4n) is 1.10. The Labute approximate surface area is 93.6 Å². The molecule has 0 fully saturated rings. The second-order valence-corrected chi connectivity index (χ2v) is 3.69. The van der Waals surface area contributed by atoms with Crippen LogP contribution in [0.4, 0.5) is 0 Å². The average molecular weight is 228 g/mol. The molecule has 0 aliphatic rings. The molecule has 16 heavy (non-hydrogen) atoms. The monoisotopic (exact) mass is 228 g/mol. The number of aromatic nitrogens is 2. The molecule has 0 aliphatic heterocycles. The number of hydrogen-bond donors (Lipinski definition) is 1. The molecule has 0 saturated carbocycles. The largest absolute Gasteiger partial charge is 0.480 e. The molecule has 6 heteroatoms. The molecule has 1 aromatic rings. The van der Waals surface area contributed by atoms with Crippen molar-refractivity contribution in [3.8, 4) is 0 Å². The van der Waals surface area contributed by atoms with Gasteiger partial charge >= 0.3 is 5.97 Å². The van der Waals surface area contributed by atoms with Crippen molar-refractivity contribution in [2.75, 3.05) is 6.61 Å². The Hall–Kier alpha value is -1.43. The van der Waals surface area contributed by atoms with E-state index in [-0.39, 0.29) is 13.2 Å². The van der Waals surface area contributed by atoms with Gasteiger partial charge < -0.3 is 14.3 Å². The van der Waals surface area contributed by atoms with Gasteiger partial charge in [0.05, 0.1) is 0 Å². The molecule has 0 amide bonds. The number of nitrogens with zero attached hydrogens (tertiary/aromatic N) is 2. The van der Waals surface area contributed by atoms with Gasteiger partial charge in [-0.25, -0.2) is 4.79 Å². The standard InChI is InChI=1S/C10H16N2O4/c1-3-7(2)4-8-11-12-9(16-8)5-15-6-10(13)14/h7H,3-6H2,1-2H3,(H,13,14). The number of ether oxygens (including phenoxy) is 1. The fourth-order valence-corrected chi connectivity index (χ4v) is 1.10. The van der Waals surface area contributed by atoms with Gasteiger partial charge in [-0.2, -0.15) is 0 Å². The van der Waals surface area contributed by atoms with Crippen LogP contribution in [0.1, 0.15) is 32.0 Å². The molecule has 1 atom stereocenters.